The van der Waals surface area contributed by atoms with E-state index in [4.69, 9.17) is 0 Å². The maximum absolute atomic E-state index is 11.0. The van der Waals surface area contributed by atoms with Crippen molar-refractivity contribution in [2.45, 2.75) is 38.6 Å². The normalized spacial score (nSPS) is 16.6. The molecule has 1 aliphatic rings. The summed E-state index contributed by atoms with van der Waals surface area (Å²) in [5.74, 6) is 0.837. The largest absolute Gasteiger partial charge is 0.492 e. The van der Waals surface area contributed by atoms with Crippen molar-refractivity contribution in [3.05, 3.63) is 50.6 Å². The Morgan fingerprint density at radius 1 is 1.30 bits per heavy atom. The van der Waals surface area contributed by atoms with Crippen molar-refractivity contribution >= 4 is 22.0 Å². The van der Waals surface area contributed by atoms with E-state index in [9.17, 15) is 15.2 Å². The molecule has 3 heterocycles. The molecule has 9 heteroatoms. The molecule has 1 atom stereocenters. The Balaban J connectivity index is 1.79. The van der Waals surface area contributed by atoms with Gasteiger partial charge in [-0.15, -0.1) is 5.10 Å². The van der Waals surface area contributed by atoms with Crippen molar-refractivity contribution in [3.63, 3.8) is 0 Å². The van der Waals surface area contributed by atoms with Crippen LogP contribution in [0.2, 0.25) is 0 Å². The average molecular weight is 388 g/mol. The summed E-state index contributed by atoms with van der Waals surface area (Å²) in [6.07, 6.45) is 4.21. The second-order valence-electron chi connectivity index (χ2n) is 6.87. The summed E-state index contributed by atoms with van der Waals surface area (Å²) >= 11 is 1.45. The number of non-ortho nitro benzene ring substituents is 1. The fourth-order valence-electron chi connectivity index (χ4n) is 3.78. The van der Waals surface area contributed by atoms with Gasteiger partial charge in [-0.2, -0.15) is 4.52 Å². The second-order valence-corrected chi connectivity index (χ2v) is 7.88. The number of thiazole rings is 1. The van der Waals surface area contributed by atoms with Gasteiger partial charge in [-0.3, -0.25) is 10.1 Å². The highest BCUT2D eigenvalue weighted by Gasteiger charge is 2.33. The third kappa shape index (κ3) is 3.28. The lowest BCUT2D eigenvalue weighted by atomic mass is 10.00. The van der Waals surface area contributed by atoms with Crippen molar-refractivity contribution in [2.75, 3.05) is 13.1 Å². The molecule has 8 nitrogen and oxygen atoms in total. The van der Waals surface area contributed by atoms with Crippen molar-refractivity contribution in [1.82, 2.24) is 14.6 Å². The first kappa shape index (κ1) is 17.9. The SMILES string of the molecule is CCc1nc2sc([C@H](c3ccc([N+](=O)[O-])cc3)[NH+]3CCCCC3)c(O)n2n1. The number of piperidine rings is 1. The lowest BCUT2D eigenvalue weighted by molar-refractivity contribution is -0.929. The summed E-state index contributed by atoms with van der Waals surface area (Å²) in [4.78, 5) is 18.0. The molecule has 1 aliphatic heterocycles. The van der Waals surface area contributed by atoms with E-state index in [2.05, 4.69) is 10.1 Å². The first-order valence-corrected chi connectivity index (χ1v) is 10.1. The molecule has 2 N–H and O–H groups in total. The summed E-state index contributed by atoms with van der Waals surface area (Å²) in [6.45, 7) is 4.00. The minimum Gasteiger partial charge on any atom is -0.492 e. The molecule has 0 bridgehead atoms. The predicted octanol–water partition coefficient (Wildman–Crippen LogP) is 2.13. The zero-order valence-corrected chi connectivity index (χ0v) is 15.9. The molecule has 0 saturated carbocycles. The van der Waals surface area contributed by atoms with Gasteiger partial charge in [-0.25, -0.2) is 4.98 Å². The topological polar surface area (TPSA) is 98.0 Å². The first-order valence-electron chi connectivity index (χ1n) is 9.24. The number of nitrogens with zero attached hydrogens (tertiary/aromatic N) is 4. The second kappa shape index (κ2) is 7.24. The molecule has 0 aliphatic carbocycles. The number of hydrogen-bond acceptors (Lipinski definition) is 6. The van der Waals surface area contributed by atoms with E-state index in [1.54, 1.807) is 12.1 Å². The van der Waals surface area contributed by atoms with Gasteiger partial charge in [0.05, 0.1) is 18.0 Å². The van der Waals surface area contributed by atoms with E-state index in [1.165, 1.54) is 39.3 Å². The van der Waals surface area contributed by atoms with Crippen LogP contribution in [-0.2, 0) is 6.42 Å². The smallest absolute Gasteiger partial charge is 0.269 e. The van der Waals surface area contributed by atoms with Crippen LogP contribution in [0.4, 0.5) is 5.69 Å². The minimum absolute atomic E-state index is 0.0746. The third-order valence-electron chi connectivity index (χ3n) is 5.16. The number of hydrogen-bond donors (Lipinski definition) is 2. The Hall–Kier alpha value is -2.52. The van der Waals surface area contributed by atoms with E-state index < -0.39 is 0 Å². The molecule has 1 aromatic carbocycles. The minimum atomic E-state index is -0.389. The van der Waals surface area contributed by atoms with Crippen LogP contribution in [0.25, 0.3) is 4.96 Å². The number of benzene rings is 1. The standard InChI is InChI=1S/C18H21N5O3S/c1-2-14-19-18-22(20-14)17(24)16(27-18)15(21-10-4-3-5-11-21)12-6-8-13(9-7-12)23(25)26/h6-9,15,24H,2-5,10-11H2,1H3/p+1/t15-/m0/s1. The number of quaternary nitrogens is 1. The Kier molecular flexibility index (Phi) is 4.79. The van der Waals surface area contributed by atoms with E-state index in [-0.39, 0.29) is 22.5 Å². The van der Waals surface area contributed by atoms with Gasteiger partial charge < -0.3 is 10.0 Å². The number of nitrogens with one attached hydrogen (secondary N) is 1. The van der Waals surface area contributed by atoms with Gasteiger partial charge in [0.15, 0.2) is 11.9 Å². The van der Waals surface area contributed by atoms with Crippen LogP contribution in [-0.4, -0.2) is 37.7 Å². The van der Waals surface area contributed by atoms with Crippen molar-refractivity contribution in [2.24, 2.45) is 0 Å². The Bertz CT molecular complexity index is 959. The highest BCUT2D eigenvalue weighted by Crippen LogP contribution is 2.35. The summed E-state index contributed by atoms with van der Waals surface area (Å²) in [5.41, 5.74) is 1.04. The van der Waals surface area contributed by atoms with E-state index >= 15 is 0 Å². The fourth-order valence-corrected chi connectivity index (χ4v) is 4.94. The molecule has 0 unspecified atom stereocenters. The number of aryl methyl sites for hydroxylation is 1. The average Bonchev–Trinajstić information content (AvgIpc) is 3.23. The van der Waals surface area contributed by atoms with Crippen molar-refractivity contribution in [1.29, 1.82) is 0 Å². The number of rotatable bonds is 5. The first-order chi connectivity index (χ1) is 13.1. The Morgan fingerprint density at radius 2 is 2.00 bits per heavy atom. The molecule has 27 heavy (non-hydrogen) atoms. The number of likely N-dealkylation sites (tertiary alicyclic amines) is 1. The molecule has 0 spiro atoms. The van der Waals surface area contributed by atoms with Crippen LogP contribution in [0.3, 0.4) is 0 Å². The number of nitro groups is 1. The quantitative estimate of drug-likeness (QED) is 0.515. The van der Waals surface area contributed by atoms with E-state index in [0.717, 1.165) is 36.4 Å². The maximum atomic E-state index is 11.0. The number of aromatic nitrogens is 3. The number of fused-ring (bicyclic) bond motifs is 1. The predicted molar refractivity (Wildman–Crippen MR) is 101 cm³/mol. The molecular formula is C18H22N5O3S+. The van der Waals surface area contributed by atoms with Crippen LogP contribution in [0.1, 0.15) is 48.5 Å². The fraction of sp³-hybridized carbons (Fsp3) is 0.444. The number of aromatic hydroxyl groups is 1. The third-order valence-corrected chi connectivity index (χ3v) is 6.25. The summed E-state index contributed by atoms with van der Waals surface area (Å²) in [6, 6.07) is 6.60. The Labute approximate surface area is 160 Å². The highest BCUT2D eigenvalue weighted by molar-refractivity contribution is 7.17. The Morgan fingerprint density at radius 3 is 2.59 bits per heavy atom. The van der Waals surface area contributed by atoms with Gasteiger partial charge in [0.1, 0.15) is 4.88 Å². The zero-order valence-electron chi connectivity index (χ0n) is 15.1. The van der Waals surface area contributed by atoms with Gasteiger partial charge in [-0.05, 0) is 31.4 Å². The molecule has 0 radical (unpaired) electrons. The van der Waals surface area contributed by atoms with Crippen molar-refractivity contribution in [3.8, 4) is 5.88 Å². The summed E-state index contributed by atoms with van der Waals surface area (Å²) in [7, 11) is 0. The van der Waals surface area contributed by atoms with Gasteiger partial charge >= 0.3 is 0 Å². The monoisotopic (exact) mass is 388 g/mol. The van der Waals surface area contributed by atoms with Gasteiger partial charge in [0.2, 0.25) is 10.8 Å². The lowest BCUT2D eigenvalue weighted by Crippen LogP contribution is -3.13. The molecule has 142 valence electrons. The van der Waals surface area contributed by atoms with Crippen LogP contribution in [0.5, 0.6) is 5.88 Å². The molecule has 1 saturated heterocycles. The number of nitro benzene ring substituents is 1. The molecule has 0 amide bonds. The van der Waals surface area contributed by atoms with Gasteiger partial charge in [0.25, 0.3) is 5.69 Å². The van der Waals surface area contributed by atoms with E-state index in [0.29, 0.717) is 17.2 Å². The summed E-state index contributed by atoms with van der Waals surface area (Å²) < 4.78 is 1.51. The van der Waals surface area contributed by atoms with Gasteiger partial charge in [-0.1, -0.05) is 18.3 Å². The van der Waals surface area contributed by atoms with Crippen LogP contribution >= 0.6 is 11.3 Å². The van der Waals surface area contributed by atoms with Gasteiger partial charge in [0, 0.05) is 24.1 Å². The van der Waals surface area contributed by atoms with Crippen LogP contribution in [0.15, 0.2) is 24.3 Å². The highest BCUT2D eigenvalue weighted by atomic mass is 32.1. The zero-order chi connectivity index (χ0) is 19.0. The lowest BCUT2D eigenvalue weighted by Gasteiger charge is -2.31. The molecule has 4 rings (SSSR count). The van der Waals surface area contributed by atoms with E-state index in [1.807, 2.05) is 6.92 Å². The maximum Gasteiger partial charge on any atom is 0.269 e. The molecular weight excluding hydrogens is 366 g/mol. The van der Waals surface area contributed by atoms with Crippen LogP contribution in [0, 0.1) is 10.1 Å². The van der Waals surface area contributed by atoms with Crippen LogP contribution < -0.4 is 4.90 Å². The molecule has 2 aromatic heterocycles. The van der Waals surface area contributed by atoms with Crippen molar-refractivity contribution < 1.29 is 14.9 Å². The molecule has 3 aromatic rings. The molecule has 1 fully saturated rings. The summed E-state index contributed by atoms with van der Waals surface area (Å²) in [5, 5.41) is 26.2.